The van der Waals surface area contributed by atoms with Crippen molar-refractivity contribution in [3.05, 3.63) is 58.7 Å². The number of piperidine rings is 1. The summed E-state index contributed by atoms with van der Waals surface area (Å²) in [5.41, 5.74) is 2.94. The highest BCUT2D eigenvalue weighted by molar-refractivity contribution is 6.05. The molecule has 1 spiro atoms. The maximum Gasteiger partial charge on any atom is 0.339 e. The fourth-order valence-electron chi connectivity index (χ4n) is 5.52. The van der Waals surface area contributed by atoms with Crippen LogP contribution in [0.3, 0.4) is 0 Å². The summed E-state index contributed by atoms with van der Waals surface area (Å²) in [6, 6.07) is 10.6. The Balaban J connectivity index is 1.26. The van der Waals surface area contributed by atoms with E-state index in [-0.39, 0.29) is 30.6 Å². The first-order valence-corrected chi connectivity index (χ1v) is 12.3. The highest BCUT2D eigenvalue weighted by Crippen LogP contribution is 2.41. The van der Waals surface area contributed by atoms with Gasteiger partial charge in [0.1, 0.15) is 11.4 Å². The Labute approximate surface area is 210 Å². The number of Topliss-reactive ketones (excluding diaryl/α,β-unsaturated/α-hetero) is 1. The molecule has 0 bridgehead atoms. The van der Waals surface area contributed by atoms with Crippen LogP contribution < -0.4 is 9.64 Å². The fraction of sp³-hybridized carbons (Fsp3) is 0.429. The predicted molar refractivity (Wildman–Crippen MR) is 132 cm³/mol. The van der Waals surface area contributed by atoms with Crippen molar-refractivity contribution in [1.29, 1.82) is 0 Å². The van der Waals surface area contributed by atoms with Gasteiger partial charge in [-0.15, -0.1) is 0 Å². The number of anilines is 1. The number of methoxy groups -OCH3 is 1. The second-order valence-electron chi connectivity index (χ2n) is 10.1. The molecule has 8 heteroatoms. The molecule has 8 nitrogen and oxygen atoms in total. The van der Waals surface area contributed by atoms with E-state index < -0.39 is 17.5 Å². The minimum atomic E-state index is -0.598. The van der Waals surface area contributed by atoms with Gasteiger partial charge >= 0.3 is 5.97 Å². The Bertz CT molecular complexity index is 1260. The molecule has 2 saturated heterocycles. The van der Waals surface area contributed by atoms with Crippen molar-refractivity contribution in [2.45, 2.75) is 45.1 Å². The lowest BCUT2D eigenvalue weighted by Gasteiger charge is -2.44. The number of nitrogens with zero attached hydrogens (tertiary/aromatic N) is 2. The molecule has 0 aromatic heterocycles. The summed E-state index contributed by atoms with van der Waals surface area (Å²) in [6.45, 7) is 5.14. The summed E-state index contributed by atoms with van der Waals surface area (Å²) in [5, 5.41) is 0. The SMILES string of the molecule is COC(=O)c1ccccc1N1CC(C(=O)N2CCC3(CC2)CC(=O)c2cc(C)c(C)cc2O3)CC1=O. The molecule has 5 rings (SSSR count). The van der Waals surface area contributed by atoms with Crippen molar-refractivity contribution in [3.63, 3.8) is 0 Å². The van der Waals surface area contributed by atoms with Gasteiger partial charge in [0.2, 0.25) is 11.8 Å². The average Bonchev–Trinajstić information content (AvgIpc) is 3.26. The van der Waals surface area contributed by atoms with Gasteiger partial charge < -0.3 is 19.3 Å². The maximum absolute atomic E-state index is 13.4. The summed E-state index contributed by atoms with van der Waals surface area (Å²) in [6.07, 6.45) is 1.53. The highest BCUT2D eigenvalue weighted by atomic mass is 16.5. The largest absolute Gasteiger partial charge is 0.486 e. The minimum Gasteiger partial charge on any atom is -0.486 e. The molecule has 3 aliphatic rings. The lowest BCUT2D eigenvalue weighted by molar-refractivity contribution is -0.139. The number of benzene rings is 2. The van der Waals surface area contributed by atoms with Gasteiger partial charge in [-0.1, -0.05) is 12.1 Å². The van der Waals surface area contributed by atoms with Gasteiger partial charge in [-0.2, -0.15) is 0 Å². The van der Waals surface area contributed by atoms with Crippen LogP contribution in [0.5, 0.6) is 5.75 Å². The van der Waals surface area contributed by atoms with Crippen molar-refractivity contribution in [1.82, 2.24) is 4.90 Å². The number of rotatable bonds is 3. The van der Waals surface area contributed by atoms with Gasteiger partial charge in [0, 0.05) is 38.9 Å². The molecule has 0 N–H and O–H groups in total. The smallest absolute Gasteiger partial charge is 0.339 e. The molecule has 3 heterocycles. The number of amides is 2. The van der Waals surface area contributed by atoms with Crippen molar-refractivity contribution in [2.75, 3.05) is 31.6 Å². The first kappa shape index (κ1) is 24.0. The van der Waals surface area contributed by atoms with Crippen LogP contribution in [-0.4, -0.2) is 60.8 Å². The normalized spacial score (nSPS) is 20.8. The summed E-state index contributed by atoms with van der Waals surface area (Å²) in [4.78, 5) is 54.6. The van der Waals surface area contributed by atoms with E-state index in [0.29, 0.717) is 54.9 Å². The minimum absolute atomic E-state index is 0.0785. The number of hydrogen-bond acceptors (Lipinski definition) is 6. The van der Waals surface area contributed by atoms with Gasteiger partial charge in [-0.05, 0) is 49.2 Å². The van der Waals surface area contributed by atoms with Crippen LogP contribution in [0.2, 0.25) is 0 Å². The number of ether oxygens (including phenoxy) is 2. The molecule has 188 valence electrons. The number of ketones is 1. The molecule has 1 atom stereocenters. The molecule has 0 saturated carbocycles. The lowest BCUT2D eigenvalue weighted by Crippen LogP contribution is -2.53. The van der Waals surface area contributed by atoms with Crippen LogP contribution in [0.1, 0.15) is 57.5 Å². The number of esters is 1. The third-order valence-electron chi connectivity index (χ3n) is 7.77. The zero-order valence-electron chi connectivity index (χ0n) is 20.8. The van der Waals surface area contributed by atoms with Gasteiger partial charge in [0.15, 0.2) is 5.78 Å². The molecule has 2 amide bonds. The summed E-state index contributed by atoms with van der Waals surface area (Å²) < 4.78 is 11.2. The Morgan fingerprint density at radius 2 is 1.75 bits per heavy atom. The average molecular weight is 491 g/mol. The standard InChI is InChI=1S/C28H30N2O6/c1-17-12-21-23(31)15-28(36-24(21)13-18(17)2)8-10-29(11-9-28)26(33)19-14-25(32)30(16-19)22-7-5-4-6-20(22)27(34)35-3/h4-7,12-13,19H,8-11,14-16H2,1-3H3. The van der Waals surface area contributed by atoms with E-state index in [9.17, 15) is 19.2 Å². The van der Waals surface area contributed by atoms with Crippen molar-refractivity contribution >= 4 is 29.3 Å². The first-order valence-electron chi connectivity index (χ1n) is 12.3. The summed E-state index contributed by atoms with van der Waals surface area (Å²) in [7, 11) is 1.30. The van der Waals surface area contributed by atoms with E-state index in [2.05, 4.69) is 0 Å². The molecule has 2 aromatic carbocycles. The molecule has 2 aromatic rings. The van der Waals surface area contributed by atoms with E-state index in [4.69, 9.17) is 9.47 Å². The Morgan fingerprint density at radius 1 is 1.06 bits per heavy atom. The molecule has 0 aliphatic carbocycles. The molecule has 3 aliphatic heterocycles. The number of aryl methyl sites for hydroxylation is 2. The first-order chi connectivity index (χ1) is 17.2. The van der Waals surface area contributed by atoms with Gasteiger partial charge in [0.05, 0.1) is 36.3 Å². The monoisotopic (exact) mass is 490 g/mol. The lowest BCUT2D eigenvalue weighted by atomic mass is 9.81. The topological polar surface area (TPSA) is 93.2 Å². The molecular weight excluding hydrogens is 460 g/mol. The van der Waals surface area contributed by atoms with Crippen LogP contribution in [0.25, 0.3) is 0 Å². The fourth-order valence-corrected chi connectivity index (χ4v) is 5.52. The third kappa shape index (κ3) is 4.14. The Morgan fingerprint density at radius 3 is 2.47 bits per heavy atom. The quantitative estimate of drug-likeness (QED) is 0.612. The van der Waals surface area contributed by atoms with E-state index >= 15 is 0 Å². The van der Waals surface area contributed by atoms with Crippen LogP contribution in [0.4, 0.5) is 5.69 Å². The molecule has 36 heavy (non-hydrogen) atoms. The zero-order valence-corrected chi connectivity index (χ0v) is 20.8. The number of likely N-dealkylation sites (tertiary alicyclic amines) is 1. The summed E-state index contributed by atoms with van der Waals surface area (Å²) in [5.74, 6) is -0.566. The van der Waals surface area contributed by atoms with Gasteiger partial charge in [-0.3, -0.25) is 14.4 Å². The van der Waals surface area contributed by atoms with Gasteiger partial charge in [-0.25, -0.2) is 4.79 Å². The van der Waals surface area contributed by atoms with Crippen LogP contribution in [0, 0.1) is 19.8 Å². The van der Waals surface area contributed by atoms with Crippen molar-refractivity contribution < 1.29 is 28.7 Å². The molecule has 0 radical (unpaired) electrons. The predicted octanol–water partition coefficient (Wildman–Crippen LogP) is 3.47. The van der Waals surface area contributed by atoms with E-state index in [0.717, 1.165) is 11.1 Å². The molecule has 1 unspecified atom stereocenters. The van der Waals surface area contributed by atoms with E-state index in [1.54, 1.807) is 29.2 Å². The maximum atomic E-state index is 13.4. The van der Waals surface area contributed by atoms with Crippen molar-refractivity contribution in [2.24, 2.45) is 5.92 Å². The number of carbonyl (C=O) groups excluding carboxylic acids is 4. The Hall–Kier alpha value is -3.68. The zero-order chi connectivity index (χ0) is 25.6. The van der Waals surface area contributed by atoms with E-state index in [1.807, 2.05) is 26.0 Å². The number of para-hydroxylation sites is 1. The van der Waals surface area contributed by atoms with Crippen LogP contribution >= 0.6 is 0 Å². The molecular formula is C28H30N2O6. The van der Waals surface area contributed by atoms with Crippen LogP contribution in [-0.2, 0) is 14.3 Å². The molecule has 2 fully saturated rings. The Kier molecular flexibility index (Phi) is 6.06. The number of carbonyl (C=O) groups is 4. The number of hydrogen-bond donors (Lipinski definition) is 0. The highest BCUT2D eigenvalue weighted by Gasteiger charge is 2.46. The van der Waals surface area contributed by atoms with E-state index in [1.165, 1.54) is 12.0 Å². The second-order valence-corrected chi connectivity index (χ2v) is 10.1. The van der Waals surface area contributed by atoms with Crippen LogP contribution in [0.15, 0.2) is 36.4 Å². The van der Waals surface area contributed by atoms with Gasteiger partial charge in [0.25, 0.3) is 0 Å². The third-order valence-corrected chi connectivity index (χ3v) is 7.77. The van der Waals surface area contributed by atoms with Crippen molar-refractivity contribution in [3.8, 4) is 5.75 Å². The summed E-state index contributed by atoms with van der Waals surface area (Å²) >= 11 is 0. The second kappa shape index (κ2) is 9.08. The number of fused-ring (bicyclic) bond motifs is 1.